The molecule has 0 fully saturated rings. The van der Waals surface area contributed by atoms with Crippen LogP contribution in [0, 0.1) is 0 Å². The first-order chi connectivity index (χ1) is 9.98. The lowest BCUT2D eigenvalue weighted by atomic mass is 9.97. The predicted octanol–water partition coefficient (Wildman–Crippen LogP) is 2.08. The van der Waals surface area contributed by atoms with Crippen molar-refractivity contribution in [3.05, 3.63) is 34.9 Å². The minimum atomic E-state index is -4.13. The number of nitrogens with one attached hydrogen (secondary N) is 1. The Kier molecular flexibility index (Phi) is 5.61. The number of aliphatic hydroxyl groups is 1. The zero-order valence-corrected chi connectivity index (χ0v) is 11.9. The minimum absolute atomic E-state index is 0.173. The highest BCUT2D eigenvalue weighted by Crippen LogP contribution is 2.24. The molecule has 1 aromatic rings. The van der Waals surface area contributed by atoms with Crippen LogP contribution in [0.25, 0.3) is 0 Å². The standard InChI is InChI=1S/C15H21F3N2O/c16-15(17,18)11-20-6-4-13-8-12(2-3-14(13)10-20)9-19-5-1-7-21/h2-3,8,19,21H,1,4-7,9-11H2. The molecule has 118 valence electrons. The predicted molar refractivity (Wildman–Crippen MR) is 74.9 cm³/mol. The molecule has 2 N–H and O–H groups in total. The normalized spacial score (nSPS) is 16.0. The summed E-state index contributed by atoms with van der Waals surface area (Å²) >= 11 is 0. The largest absolute Gasteiger partial charge is 0.401 e. The van der Waals surface area contributed by atoms with E-state index in [0.29, 0.717) is 19.5 Å². The number of hydrogen-bond acceptors (Lipinski definition) is 3. The summed E-state index contributed by atoms with van der Waals surface area (Å²) in [5.74, 6) is 0. The Balaban J connectivity index is 1.91. The molecule has 3 nitrogen and oxygen atoms in total. The van der Waals surface area contributed by atoms with E-state index in [2.05, 4.69) is 11.4 Å². The number of halogens is 3. The molecule has 1 heterocycles. The van der Waals surface area contributed by atoms with Gasteiger partial charge in [0.15, 0.2) is 0 Å². The highest BCUT2D eigenvalue weighted by Gasteiger charge is 2.32. The van der Waals surface area contributed by atoms with E-state index in [0.717, 1.165) is 36.2 Å². The third-order valence-corrected chi connectivity index (χ3v) is 3.61. The van der Waals surface area contributed by atoms with E-state index in [9.17, 15) is 13.2 Å². The topological polar surface area (TPSA) is 35.5 Å². The van der Waals surface area contributed by atoms with Gasteiger partial charge in [-0.3, -0.25) is 4.90 Å². The summed E-state index contributed by atoms with van der Waals surface area (Å²) in [7, 11) is 0. The lowest BCUT2D eigenvalue weighted by molar-refractivity contribution is -0.147. The van der Waals surface area contributed by atoms with Crippen LogP contribution in [0.3, 0.4) is 0 Å². The average molecular weight is 302 g/mol. The number of aliphatic hydroxyl groups excluding tert-OH is 1. The minimum Gasteiger partial charge on any atom is -0.396 e. The lowest BCUT2D eigenvalue weighted by Gasteiger charge is -2.29. The Morgan fingerprint density at radius 1 is 1.24 bits per heavy atom. The van der Waals surface area contributed by atoms with Crippen molar-refractivity contribution in [1.29, 1.82) is 0 Å². The van der Waals surface area contributed by atoms with Crippen LogP contribution < -0.4 is 5.32 Å². The van der Waals surface area contributed by atoms with Crippen molar-refractivity contribution in [2.24, 2.45) is 0 Å². The Hall–Kier alpha value is -1.11. The molecule has 0 unspecified atom stereocenters. The first kappa shape index (κ1) is 16.3. The molecule has 0 spiro atoms. The van der Waals surface area contributed by atoms with Gasteiger partial charge in [0, 0.05) is 26.2 Å². The van der Waals surface area contributed by atoms with E-state index in [1.165, 1.54) is 4.90 Å². The van der Waals surface area contributed by atoms with E-state index >= 15 is 0 Å². The Morgan fingerprint density at radius 2 is 2.05 bits per heavy atom. The summed E-state index contributed by atoms with van der Waals surface area (Å²) in [5.41, 5.74) is 3.27. The van der Waals surface area contributed by atoms with Gasteiger partial charge in [-0.1, -0.05) is 18.2 Å². The molecule has 1 aliphatic heterocycles. The summed E-state index contributed by atoms with van der Waals surface area (Å²) in [4.78, 5) is 1.45. The van der Waals surface area contributed by atoms with Crippen molar-refractivity contribution in [1.82, 2.24) is 10.2 Å². The summed E-state index contributed by atoms with van der Waals surface area (Å²) < 4.78 is 37.2. The highest BCUT2D eigenvalue weighted by molar-refractivity contribution is 5.33. The Morgan fingerprint density at radius 3 is 2.76 bits per heavy atom. The molecule has 2 rings (SSSR count). The van der Waals surface area contributed by atoms with Gasteiger partial charge in [0.05, 0.1) is 6.54 Å². The van der Waals surface area contributed by atoms with Crippen molar-refractivity contribution in [2.75, 3.05) is 26.2 Å². The van der Waals surface area contributed by atoms with Crippen LogP contribution in [0.4, 0.5) is 13.2 Å². The van der Waals surface area contributed by atoms with Gasteiger partial charge in [-0.2, -0.15) is 13.2 Å². The van der Waals surface area contributed by atoms with Crippen LogP contribution >= 0.6 is 0 Å². The van der Waals surface area contributed by atoms with Gasteiger partial charge in [-0.15, -0.1) is 0 Å². The van der Waals surface area contributed by atoms with Gasteiger partial charge in [0.1, 0.15) is 0 Å². The molecule has 0 amide bonds. The fraction of sp³-hybridized carbons (Fsp3) is 0.600. The van der Waals surface area contributed by atoms with E-state index < -0.39 is 12.7 Å². The number of benzene rings is 1. The number of rotatable bonds is 6. The molecule has 0 aliphatic carbocycles. The number of alkyl halides is 3. The SMILES string of the molecule is OCCCNCc1ccc2c(c1)CCN(CC(F)(F)F)C2. The Bertz CT molecular complexity index is 463. The smallest absolute Gasteiger partial charge is 0.396 e. The van der Waals surface area contributed by atoms with Gasteiger partial charge in [-0.05, 0) is 36.1 Å². The van der Waals surface area contributed by atoms with Crippen molar-refractivity contribution < 1.29 is 18.3 Å². The maximum absolute atomic E-state index is 12.4. The van der Waals surface area contributed by atoms with Gasteiger partial charge >= 0.3 is 6.18 Å². The molecule has 0 bridgehead atoms. The molecule has 21 heavy (non-hydrogen) atoms. The maximum Gasteiger partial charge on any atom is 0.401 e. The van der Waals surface area contributed by atoms with Gasteiger partial charge in [-0.25, -0.2) is 0 Å². The number of hydrogen-bond donors (Lipinski definition) is 2. The summed E-state index contributed by atoms with van der Waals surface area (Å²) in [5, 5.41) is 11.9. The van der Waals surface area contributed by atoms with E-state index in [1.807, 2.05) is 12.1 Å². The number of fused-ring (bicyclic) bond motifs is 1. The monoisotopic (exact) mass is 302 g/mol. The van der Waals surface area contributed by atoms with E-state index in [1.54, 1.807) is 0 Å². The van der Waals surface area contributed by atoms with Crippen molar-refractivity contribution in [2.45, 2.75) is 32.1 Å². The first-order valence-corrected chi connectivity index (χ1v) is 7.19. The molecule has 0 saturated heterocycles. The molecular formula is C15H21F3N2O. The van der Waals surface area contributed by atoms with Crippen LogP contribution in [0.15, 0.2) is 18.2 Å². The molecule has 1 aliphatic rings. The van der Waals surface area contributed by atoms with E-state index in [4.69, 9.17) is 5.11 Å². The molecule has 6 heteroatoms. The van der Waals surface area contributed by atoms with Crippen LogP contribution in [-0.2, 0) is 19.5 Å². The lowest BCUT2D eigenvalue weighted by Crippen LogP contribution is -2.38. The molecule has 0 saturated carbocycles. The van der Waals surface area contributed by atoms with Gasteiger partial charge < -0.3 is 10.4 Å². The Labute approximate surface area is 122 Å². The third-order valence-electron chi connectivity index (χ3n) is 3.61. The highest BCUT2D eigenvalue weighted by atomic mass is 19.4. The van der Waals surface area contributed by atoms with Crippen LogP contribution in [-0.4, -0.2) is 42.4 Å². The molecular weight excluding hydrogens is 281 g/mol. The van der Waals surface area contributed by atoms with Crippen LogP contribution in [0.5, 0.6) is 0 Å². The summed E-state index contributed by atoms with van der Waals surface area (Å²) in [6.45, 7) is 1.64. The molecule has 0 aromatic heterocycles. The van der Waals surface area contributed by atoms with Crippen molar-refractivity contribution >= 4 is 0 Å². The second-order valence-electron chi connectivity index (χ2n) is 5.43. The van der Waals surface area contributed by atoms with Crippen molar-refractivity contribution in [3.8, 4) is 0 Å². The van der Waals surface area contributed by atoms with Gasteiger partial charge in [0.2, 0.25) is 0 Å². The second-order valence-corrected chi connectivity index (χ2v) is 5.43. The second kappa shape index (κ2) is 7.24. The summed E-state index contributed by atoms with van der Waals surface area (Å²) in [6, 6.07) is 5.97. The van der Waals surface area contributed by atoms with Crippen LogP contribution in [0.2, 0.25) is 0 Å². The fourth-order valence-electron chi connectivity index (χ4n) is 2.60. The first-order valence-electron chi connectivity index (χ1n) is 7.19. The third kappa shape index (κ3) is 5.30. The van der Waals surface area contributed by atoms with Crippen LogP contribution in [0.1, 0.15) is 23.1 Å². The maximum atomic E-state index is 12.4. The van der Waals surface area contributed by atoms with Gasteiger partial charge in [0.25, 0.3) is 0 Å². The zero-order chi connectivity index (χ0) is 15.3. The molecule has 1 aromatic carbocycles. The number of nitrogens with zero attached hydrogens (tertiary/aromatic N) is 1. The fourth-order valence-corrected chi connectivity index (χ4v) is 2.60. The van der Waals surface area contributed by atoms with Crippen molar-refractivity contribution in [3.63, 3.8) is 0 Å². The molecule has 0 atom stereocenters. The quantitative estimate of drug-likeness (QED) is 0.790. The zero-order valence-electron chi connectivity index (χ0n) is 11.9. The molecule has 0 radical (unpaired) electrons. The average Bonchev–Trinajstić information content (AvgIpc) is 2.42. The summed E-state index contributed by atoms with van der Waals surface area (Å²) in [6.07, 6.45) is -2.75. The van der Waals surface area contributed by atoms with E-state index in [-0.39, 0.29) is 6.61 Å².